The fourth-order valence-corrected chi connectivity index (χ4v) is 8.91. The van der Waals surface area contributed by atoms with Crippen molar-refractivity contribution >= 4 is 33.4 Å². The number of benzene rings is 2. The van der Waals surface area contributed by atoms with Gasteiger partial charge >= 0.3 is 6.01 Å². The first-order valence-corrected chi connectivity index (χ1v) is 17.4. The van der Waals surface area contributed by atoms with Gasteiger partial charge in [-0.15, -0.1) is 6.42 Å². The molecule has 1 amide bonds. The molecule has 9 rings (SSSR count). The third-order valence-electron chi connectivity index (χ3n) is 11.6. The van der Waals surface area contributed by atoms with E-state index in [0.29, 0.717) is 30.9 Å². The molecule has 5 fully saturated rings. The molecule has 50 heavy (non-hydrogen) atoms. The van der Waals surface area contributed by atoms with Crippen LogP contribution in [0.15, 0.2) is 24.3 Å². The summed E-state index contributed by atoms with van der Waals surface area (Å²) in [5.41, 5.74) is -0.249. The maximum Gasteiger partial charge on any atom is 0.319 e. The van der Waals surface area contributed by atoms with Gasteiger partial charge in [-0.25, -0.2) is 13.8 Å². The molecule has 258 valence electrons. The predicted octanol–water partition coefficient (Wildman–Crippen LogP) is 5.13. The summed E-state index contributed by atoms with van der Waals surface area (Å²) < 4.78 is 44.3. The van der Waals surface area contributed by atoms with Gasteiger partial charge in [-0.3, -0.25) is 4.79 Å². The summed E-state index contributed by atoms with van der Waals surface area (Å²) in [7, 11) is 1.43. The van der Waals surface area contributed by atoms with Gasteiger partial charge in [0.05, 0.1) is 19.3 Å². The zero-order valence-corrected chi connectivity index (χ0v) is 28.1. The first-order chi connectivity index (χ1) is 24.1. The number of carbonyl (C=O) groups is 1. The van der Waals surface area contributed by atoms with Crippen LogP contribution in [0.3, 0.4) is 0 Å². The maximum absolute atomic E-state index is 17.2. The van der Waals surface area contributed by atoms with Gasteiger partial charge in [-0.05, 0) is 67.5 Å². The SMILES string of the molecule is C#Cc1c(F)ccc2cc(O)cc(-c3nc(OC)c4c(N5CC6CCC(C5)N6C(C)=O)nc(OCC5(CN6CC7CC7C6)CC5)nc4c3F)c12. The van der Waals surface area contributed by atoms with Crippen molar-refractivity contribution in [2.75, 3.05) is 51.3 Å². The van der Waals surface area contributed by atoms with Crippen LogP contribution < -0.4 is 14.4 Å². The molecule has 4 unspecified atom stereocenters. The largest absolute Gasteiger partial charge is 0.508 e. The number of halogens is 2. The van der Waals surface area contributed by atoms with E-state index in [1.807, 2.05) is 4.90 Å². The number of hydrogen-bond donors (Lipinski definition) is 1. The summed E-state index contributed by atoms with van der Waals surface area (Å²) in [5, 5.41) is 11.6. The second kappa shape index (κ2) is 11.4. The number of hydrogen-bond acceptors (Lipinski definition) is 9. The first-order valence-electron chi connectivity index (χ1n) is 17.4. The standard InChI is InChI=1S/C38H38F2N6O4/c1-4-27-29(39)8-5-21-12-26(48)13-28(30(21)27)33-32(40)34-31(36(41-33)49-3)35(45-16-24-6-7-25(17-45)46(24)20(2)47)43-37(42-34)50-19-38(9-10-38)18-44-14-22-11-23(22)15-44/h1,5,8,12-13,22-25,48H,6-7,9-11,14-19H2,2-3H3. The number of amides is 1. The minimum absolute atomic E-state index is 0.0112. The van der Waals surface area contributed by atoms with E-state index in [1.165, 1.54) is 37.8 Å². The second-order valence-corrected chi connectivity index (χ2v) is 15.0. The van der Waals surface area contributed by atoms with Crippen LogP contribution in [0, 0.1) is 41.2 Å². The minimum atomic E-state index is -0.809. The number of piperazine rings is 1. The molecule has 2 aromatic carbocycles. The van der Waals surface area contributed by atoms with E-state index < -0.39 is 11.6 Å². The lowest BCUT2D eigenvalue weighted by atomic mass is 9.95. The van der Waals surface area contributed by atoms with Crippen LogP contribution in [0.4, 0.5) is 14.6 Å². The normalized spacial score (nSPS) is 24.8. The third kappa shape index (κ3) is 5.08. The fraction of sp³-hybridized carbons (Fsp3) is 0.474. The Hall–Kier alpha value is -4.76. The zero-order valence-electron chi connectivity index (χ0n) is 28.1. The number of fused-ring (bicyclic) bond motifs is 5. The molecule has 2 aliphatic carbocycles. The maximum atomic E-state index is 17.2. The van der Waals surface area contributed by atoms with Crippen molar-refractivity contribution < 1.29 is 28.2 Å². The Balaban J connectivity index is 1.17. The Morgan fingerprint density at radius 3 is 2.46 bits per heavy atom. The highest BCUT2D eigenvalue weighted by molar-refractivity contribution is 6.04. The summed E-state index contributed by atoms with van der Waals surface area (Å²) in [4.78, 5) is 33.2. The lowest BCUT2D eigenvalue weighted by molar-refractivity contribution is -0.132. The monoisotopic (exact) mass is 680 g/mol. The minimum Gasteiger partial charge on any atom is -0.508 e. The number of likely N-dealkylation sites (tertiary alicyclic amines) is 1. The van der Waals surface area contributed by atoms with Crippen molar-refractivity contribution in [3.8, 4) is 41.2 Å². The highest BCUT2D eigenvalue weighted by Crippen LogP contribution is 2.51. The van der Waals surface area contributed by atoms with E-state index in [4.69, 9.17) is 20.9 Å². The van der Waals surface area contributed by atoms with Crippen molar-refractivity contribution in [1.82, 2.24) is 24.8 Å². The number of phenols is 1. The summed E-state index contributed by atoms with van der Waals surface area (Å²) in [6.07, 6.45) is 10.9. The molecular weight excluding hydrogens is 642 g/mol. The lowest BCUT2D eigenvalue weighted by Crippen LogP contribution is -2.55. The number of phenolic OH excluding ortho intramolecular Hbond substituents is 1. The number of ether oxygens (including phenoxy) is 2. The van der Waals surface area contributed by atoms with Crippen molar-refractivity contribution in [2.24, 2.45) is 17.3 Å². The number of aromatic hydroxyl groups is 1. The molecule has 4 aromatic rings. The molecule has 10 nitrogen and oxygen atoms in total. The summed E-state index contributed by atoms with van der Waals surface area (Å²) in [6, 6.07) is 5.46. The molecule has 3 saturated heterocycles. The first kappa shape index (κ1) is 31.2. The molecule has 3 aliphatic heterocycles. The van der Waals surface area contributed by atoms with Gasteiger partial charge in [0.15, 0.2) is 5.82 Å². The highest BCUT2D eigenvalue weighted by atomic mass is 19.1. The van der Waals surface area contributed by atoms with Gasteiger partial charge in [0.1, 0.15) is 34.0 Å². The molecular formula is C38H38F2N6O4. The number of anilines is 1. The summed E-state index contributed by atoms with van der Waals surface area (Å²) in [6.45, 7) is 6.26. The Labute approximate surface area is 288 Å². The molecule has 1 N–H and O–H groups in total. The Kier molecular flexibility index (Phi) is 7.11. The topological polar surface area (TPSA) is 104 Å². The fourth-order valence-electron chi connectivity index (χ4n) is 8.91. The van der Waals surface area contributed by atoms with Crippen LogP contribution in [0.5, 0.6) is 17.6 Å². The average Bonchev–Trinajstić information content (AvgIpc) is 3.98. The van der Waals surface area contributed by atoms with Crippen LogP contribution in [0.25, 0.3) is 32.9 Å². The van der Waals surface area contributed by atoms with E-state index in [-0.39, 0.29) is 74.2 Å². The molecule has 5 aliphatic rings. The van der Waals surface area contributed by atoms with Crippen molar-refractivity contribution in [3.63, 3.8) is 0 Å². The number of carbonyl (C=O) groups excluding carboxylic acids is 1. The number of terminal acetylenes is 1. The Morgan fingerprint density at radius 1 is 1.06 bits per heavy atom. The van der Waals surface area contributed by atoms with Gasteiger partial charge in [0.2, 0.25) is 11.8 Å². The molecule has 4 atom stereocenters. The molecule has 0 spiro atoms. The van der Waals surface area contributed by atoms with Crippen molar-refractivity contribution in [2.45, 2.75) is 51.1 Å². The lowest BCUT2D eigenvalue weighted by Gasteiger charge is -2.41. The number of nitrogens with zero attached hydrogens (tertiary/aromatic N) is 6. The van der Waals surface area contributed by atoms with E-state index in [0.717, 1.165) is 57.2 Å². The number of aromatic nitrogens is 3. The molecule has 5 heterocycles. The van der Waals surface area contributed by atoms with Crippen molar-refractivity contribution in [3.05, 3.63) is 41.5 Å². The summed E-state index contributed by atoms with van der Waals surface area (Å²) in [5.74, 6) is 2.95. The Morgan fingerprint density at radius 2 is 1.80 bits per heavy atom. The number of pyridine rings is 1. The molecule has 2 aromatic heterocycles. The predicted molar refractivity (Wildman–Crippen MR) is 183 cm³/mol. The molecule has 0 radical (unpaired) electrons. The smallest absolute Gasteiger partial charge is 0.319 e. The Bertz CT molecular complexity index is 2110. The summed E-state index contributed by atoms with van der Waals surface area (Å²) >= 11 is 0. The van der Waals surface area contributed by atoms with E-state index in [2.05, 4.69) is 25.7 Å². The number of rotatable bonds is 8. The molecule has 2 saturated carbocycles. The van der Waals surface area contributed by atoms with Crippen LogP contribution in [-0.4, -0.2) is 94.3 Å². The van der Waals surface area contributed by atoms with Gasteiger partial charge in [-0.1, -0.05) is 12.0 Å². The van der Waals surface area contributed by atoms with E-state index in [9.17, 15) is 14.3 Å². The highest BCUT2D eigenvalue weighted by Gasteiger charge is 2.51. The van der Waals surface area contributed by atoms with Crippen LogP contribution >= 0.6 is 0 Å². The van der Waals surface area contributed by atoms with Crippen LogP contribution in [-0.2, 0) is 4.79 Å². The van der Waals surface area contributed by atoms with Gasteiger partial charge in [-0.2, -0.15) is 9.97 Å². The number of piperidine rings is 1. The zero-order chi connectivity index (χ0) is 34.5. The second-order valence-electron chi connectivity index (χ2n) is 15.0. The third-order valence-corrected chi connectivity index (χ3v) is 11.6. The van der Waals surface area contributed by atoms with Crippen LogP contribution in [0.2, 0.25) is 0 Å². The quantitative estimate of drug-likeness (QED) is 0.254. The van der Waals surface area contributed by atoms with E-state index in [1.54, 1.807) is 6.92 Å². The van der Waals surface area contributed by atoms with Gasteiger partial charge < -0.3 is 29.3 Å². The van der Waals surface area contributed by atoms with Gasteiger partial charge in [0.25, 0.3) is 0 Å². The average molecular weight is 681 g/mol. The molecule has 2 bridgehead atoms. The molecule has 12 heteroatoms. The van der Waals surface area contributed by atoms with E-state index >= 15 is 4.39 Å². The van der Waals surface area contributed by atoms with Crippen molar-refractivity contribution in [1.29, 1.82) is 0 Å². The van der Waals surface area contributed by atoms with Gasteiger partial charge in [0, 0.05) is 68.1 Å². The number of methoxy groups -OCH3 is 1. The van der Waals surface area contributed by atoms with Crippen LogP contribution in [0.1, 0.15) is 44.6 Å².